The fraction of sp³-hybridized carbons (Fsp3) is 0.211. The predicted molar refractivity (Wildman–Crippen MR) is 94.3 cm³/mol. The van der Waals surface area contributed by atoms with Crippen LogP contribution in [0.1, 0.15) is 11.1 Å². The topological polar surface area (TPSA) is 78.5 Å². The van der Waals surface area contributed by atoms with Crippen molar-refractivity contribution in [1.29, 1.82) is 0 Å². The van der Waals surface area contributed by atoms with Crippen molar-refractivity contribution in [1.82, 2.24) is 10.6 Å². The van der Waals surface area contributed by atoms with Crippen LogP contribution in [0.4, 0.5) is 23.7 Å². The first-order valence-corrected chi connectivity index (χ1v) is 8.30. The molecule has 0 spiro atoms. The van der Waals surface area contributed by atoms with Gasteiger partial charge in [0, 0.05) is 0 Å². The minimum Gasteiger partial charge on any atom is -0.318 e. The highest BCUT2D eigenvalue weighted by atomic mass is 19.4. The first-order valence-electron chi connectivity index (χ1n) is 8.30. The normalized spacial score (nSPS) is 19.5. The van der Waals surface area contributed by atoms with Gasteiger partial charge in [0.05, 0.1) is 12.1 Å². The van der Waals surface area contributed by atoms with Gasteiger partial charge in [-0.2, -0.15) is 13.2 Å². The third-order valence-corrected chi connectivity index (χ3v) is 4.34. The zero-order chi connectivity index (χ0) is 20.5. The van der Waals surface area contributed by atoms with Crippen molar-refractivity contribution in [3.63, 3.8) is 0 Å². The van der Waals surface area contributed by atoms with E-state index in [1.54, 1.807) is 60.0 Å². The number of hydrogen-bond donors (Lipinski definition) is 2. The summed E-state index contributed by atoms with van der Waals surface area (Å²) in [6.45, 7) is 1.55. The van der Waals surface area contributed by atoms with Crippen LogP contribution >= 0.6 is 0 Å². The van der Waals surface area contributed by atoms with Crippen LogP contribution in [0.25, 0.3) is 0 Å². The summed E-state index contributed by atoms with van der Waals surface area (Å²) in [5.41, 5.74) is -2.63. The van der Waals surface area contributed by atoms with E-state index in [1.165, 1.54) is 12.1 Å². The van der Waals surface area contributed by atoms with Crippen LogP contribution in [0.5, 0.6) is 0 Å². The summed E-state index contributed by atoms with van der Waals surface area (Å²) in [5, 5.41) is 3.32. The monoisotopic (exact) mass is 391 g/mol. The van der Waals surface area contributed by atoms with Crippen molar-refractivity contribution in [2.75, 3.05) is 4.90 Å². The van der Waals surface area contributed by atoms with Gasteiger partial charge in [0.15, 0.2) is 0 Å². The maximum absolute atomic E-state index is 13.9. The summed E-state index contributed by atoms with van der Waals surface area (Å²) in [7, 11) is 0. The van der Waals surface area contributed by atoms with E-state index in [1.807, 2.05) is 0 Å². The van der Waals surface area contributed by atoms with Crippen LogP contribution in [-0.4, -0.2) is 29.7 Å². The maximum Gasteiger partial charge on any atom is 0.440 e. The molecule has 0 aliphatic carbocycles. The number of carbonyl (C=O) groups is 3. The number of anilines is 1. The standard InChI is InChI=1S/C19H16F3N3O3/c1-12-7-5-6-10-14(12)25-16(27)18(19(20,21)22,24-17(25)28)23-15(26)11-13-8-3-2-4-9-13/h2-10H,11H2,1H3,(H,23,26)(H,24,28). The fourth-order valence-corrected chi connectivity index (χ4v) is 2.95. The molecule has 0 radical (unpaired) electrons. The number of aryl methyl sites for hydroxylation is 1. The van der Waals surface area contributed by atoms with Crippen LogP contribution in [0, 0.1) is 6.92 Å². The van der Waals surface area contributed by atoms with E-state index in [-0.39, 0.29) is 12.1 Å². The first kappa shape index (κ1) is 19.4. The van der Waals surface area contributed by atoms with Gasteiger partial charge >= 0.3 is 12.2 Å². The van der Waals surface area contributed by atoms with Gasteiger partial charge < -0.3 is 5.32 Å². The van der Waals surface area contributed by atoms with Crippen LogP contribution in [0.3, 0.4) is 0 Å². The van der Waals surface area contributed by atoms with Crippen molar-refractivity contribution < 1.29 is 27.6 Å². The number of alkyl halides is 3. The first-order chi connectivity index (χ1) is 13.2. The number of benzene rings is 2. The molecular weight excluding hydrogens is 375 g/mol. The lowest BCUT2D eigenvalue weighted by Crippen LogP contribution is -2.69. The number of hydrogen-bond acceptors (Lipinski definition) is 3. The van der Waals surface area contributed by atoms with Crippen LogP contribution < -0.4 is 15.5 Å². The second-order valence-electron chi connectivity index (χ2n) is 6.32. The Hall–Kier alpha value is -3.36. The third-order valence-electron chi connectivity index (χ3n) is 4.34. The molecule has 1 atom stereocenters. The molecular formula is C19H16F3N3O3. The summed E-state index contributed by atoms with van der Waals surface area (Å²) in [6.07, 6.45) is -5.63. The molecule has 28 heavy (non-hydrogen) atoms. The van der Waals surface area contributed by atoms with Crippen molar-refractivity contribution >= 4 is 23.5 Å². The van der Waals surface area contributed by atoms with Crippen molar-refractivity contribution in [3.8, 4) is 0 Å². The molecule has 1 fully saturated rings. The van der Waals surface area contributed by atoms with Crippen LogP contribution in [0.15, 0.2) is 54.6 Å². The number of imide groups is 1. The molecule has 1 unspecified atom stereocenters. The third kappa shape index (κ3) is 3.30. The highest BCUT2D eigenvalue weighted by Gasteiger charge is 2.69. The Bertz CT molecular complexity index is 931. The maximum atomic E-state index is 13.9. The molecule has 1 aliphatic heterocycles. The van der Waals surface area contributed by atoms with E-state index in [0.717, 1.165) is 0 Å². The average molecular weight is 391 g/mol. The molecule has 1 aliphatic rings. The zero-order valence-corrected chi connectivity index (χ0v) is 14.7. The Labute approximate surface area is 158 Å². The molecule has 1 saturated heterocycles. The van der Waals surface area contributed by atoms with E-state index in [0.29, 0.717) is 16.0 Å². The fourth-order valence-electron chi connectivity index (χ4n) is 2.95. The van der Waals surface area contributed by atoms with Crippen molar-refractivity contribution in [2.45, 2.75) is 25.2 Å². The van der Waals surface area contributed by atoms with Gasteiger partial charge in [0.2, 0.25) is 5.91 Å². The lowest BCUT2D eigenvalue weighted by Gasteiger charge is -2.30. The number of halogens is 3. The summed E-state index contributed by atoms with van der Waals surface area (Å²) in [4.78, 5) is 37.7. The van der Waals surface area contributed by atoms with Gasteiger partial charge in [-0.25, -0.2) is 9.69 Å². The van der Waals surface area contributed by atoms with Crippen molar-refractivity contribution in [2.24, 2.45) is 0 Å². The number of urea groups is 1. The lowest BCUT2D eigenvalue weighted by atomic mass is 10.1. The van der Waals surface area contributed by atoms with Crippen LogP contribution in [0.2, 0.25) is 0 Å². The lowest BCUT2D eigenvalue weighted by molar-refractivity contribution is -0.201. The molecule has 1 heterocycles. The van der Waals surface area contributed by atoms with Gasteiger partial charge in [0.1, 0.15) is 0 Å². The minimum absolute atomic E-state index is 0.00781. The summed E-state index contributed by atoms with van der Waals surface area (Å²) in [5.74, 6) is -2.66. The highest BCUT2D eigenvalue weighted by molar-refractivity contribution is 6.24. The van der Waals surface area contributed by atoms with Gasteiger partial charge in [-0.05, 0) is 24.1 Å². The Kier molecular flexibility index (Phi) is 4.84. The van der Waals surface area contributed by atoms with E-state index >= 15 is 0 Å². The minimum atomic E-state index is -5.25. The van der Waals surface area contributed by atoms with Crippen molar-refractivity contribution in [3.05, 3.63) is 65.7 Å². The molecule has 0 saturated carbocycles. The van der Waals surface area contributed by atoms with E-state index < -0.39 is 29.7 Å². The number of nitrogens with one attached hydrogen (secondary N) is 2. The largest absolute Gasteiger partial charge is 0.440 e. The molecule has 3 rings (SSSR count). The smallest absolute Gasteiger partial charge is 0.318 e. The van der Waals surface area contributed by atoms with E-state index in [4.69, 9.17) is 0 Å². The molecule has 9 heteroatoms. The average Bonchev–Trinajstić information content (AvgIpc) is 2.87. The second-order valence-corrected chi connectivity index (χ2v) is 6.32. The SMILES string of the molecule is Cc1ccccc1N1C(=O)NC(NC(=O)Cc2ccccc2)(C(F)(F)F)C1=O. The van der Waals surface area contributed by atoms with E-state index in [2.05, 4.69) is 0 Å². The quantitative estimate of drug-likeness (QED) is 0.787. The van der Waals surface area contributed by atoms with Gasteiger partial charge in [-0.1, -0.05) is 48.5 Å². The van der Waals surface area contributed by atoms with Gasteiger partial charge in [0.25, 0.3) is 11.6 Å². The Morgan fingerprint density at radius 3 is 2.29 bits per heavy atom. The molecule has 6 nitrogen and oxygen atoms in total. The Morgan fingerprint density at radius 1 is 1.07 bits per heavy atom. The second kappa shape index (κ2) is 6.99. The summed E-state index contributed by atoms with van der Waals surface area (Å²) < 4.78 is 41.6. The molecule has 146 valence electrons. The molecule has 0 aromatic heterocycles. The number of nitrogens with zero attached hydrogens (tertiary/aromatic N) is 1. The Morgan fingerprint density at radius 2 is 1.68 bits per heavy atom. The predicted octanol–water partition coefficient (Wildman–Crippen LogP) is 2.67. The highest BCUT2D eigenvalue weighted by Crippen LogP contribution is 2.36. The molecule has 2 aromatic rings. The van der Waals surface area contributed by atoms with Crippen LogP contribution in [-0.2, 0) is 16.0 Å². The summed E-state index contributed by atoms with van der Waals surface area (Å²) in [6, 6.07) is 12.8. The number of amides is 4. The molecule has 4 amide bonds. The van der Waals surface area contributed by atoms with Gasteiger partial charge in [-0.3, -0.25) is 14.9 Å². The molecule has 2 aromatic carbocycles. The van der Waals surface area contributed by atoms with E-state index in [9.17, 15) is 27.6 Å². The summed E-state index contributed by atoms with van der Waals surface area (Å²) >= 11 is 0. The zero-order valence-electron chi connectivity index (χ0n) is 14.7. The number of rotatable bonds is 4. The molecule has 0 bridgehead atoms. The number of para-hydroxylation sites is 1. The Balaban J connectivity index is 1.94. The number of carbonyl (C=O) groups excluding carboxylic acids is 3. The molecule has 2 N–H and O–H groups in total. The van der Waals surface area contributed by atoms with Gasteiger partial charge in [-0.15, -0.1) is 0 Å².